The second-order valence-electron chi connectivity index (χ2n) is 5.00. The Kier molecular flexibility index (Phi) is 2.74. The molecular formula is C15H17N3. The second-order valence-corrected chi connectivity index (χ2v) is 5.00. The number of nitrogens with one attached hydrogen (secondary N) is 1. The summed E-state index contributed by atoms with van der Waals surface area (Å²) in [4.78, 5) is 8.54. The summed E-state index contributed by atoms with van der Waals surface area (Å²) in [5.74, 6) is 0.721. The Hall–Kier alpha value is -1.90. The van der Waals surface area contributed by atoms with Crippen molar-refractivity contribution in [3.05, 3.63) is 53.9 Å². The normalized spacial score (nSPS) is 16.9. The van der Waals surface area contributed by atoms with Crippen LogP contribution in [0.4, 0.5) is 5.95 Å². The quantitative estimate of drug-likeness (QED) is 0.893. The minimum Gasteiger partial charge on any atom is -0.345 e. The van der Waals surface area contributed by atoms with E-state index in [0.717, 1.165) is 18.8 Å². The summed E-state index contributed by atoms with van der Waals surface area (Å²) in [7, 11) is 0. The van der Waals surface area contributed by atoms with Gasteiger partial charge >= 0.3 is 0 Å². The van der Waals surface area contributed by atoms with Gasteiger partial charge in [0.25, 0.3) is 0 Å². The molecular weight excluding hydrogens is 222 g/mol. The van der Waals surface area contributed by atoms with Crippen LogP contribution >= 0.6 is 0 Å². The minimum atomic E-state index is 0.0351. The van der Waals surface area contributed by atoms with Crippen molar-refractivity contribution in [3.63, 3.8) is 0 Å². The van der Waals surface area contributed by atoms with E-state index in [0.29, 0.717) is 0 Å². The largest absolute Gasteiger partial charge is 0.345 e. The van der Waals surface area contributed by atoms with Crippen molar-refractivity contribution in [1.29, 1.82) is 0 Å². The van der Waals surface area contributed by atoms with E-state index in [-0.39, 0.29) is 5.54 Å². The van der Waals surface area contributed by atoms with E-state index in [9.17, 15) is 0 Å². The van der Waals surface area contributed by atoms with E-state index in [4.69, 9.17) is 0 Å². The van der Waals surface area contributed by atoms with Crippen molar-refractivity contribution >= 4 is 5.95 Å². The molecule has 1 aromatic heterocycles. The zero-order chi connectivity index (χ0) is 12.4. The molecule has 1 saturated carbocycles. The molecule has 0 radical (unpaired) electrons. The predicted molar refractivity (Wildman–Crippen MR) is 72.4 cm³/mol. The first-order chi connectivity index (χ1) is 8.78. The van der Waals surface area contributed by atoms with Gasteiger partial charge in [0.05, 0.1) is 5.54 Å². The van der Waals surface area contributed by atoms with Crippen molar-refractivity contribution in [2.24, 2.45) is 0 Å². The number of benzene rings is 1. The van der Waals surface area contributed by atoms with Gasteiger partial charge < -0.3 is 5.32 Å². The van der Waals surface area contributed by atoms with Gasteiger partial charge in [0.1, 0.15) is 0 Å². The first-order valence-corrected chi connectivity index (χ1v) is 6.41. The second kappa shape index (κ2) is 4.41. The van der Waals surface area contributed by atoms with Gasteiger partial charge in [0.15, 0.2) is 0 Å². The van der Waals surface area contributed by atoms with Gasteiger partial charge in [-0.25, -0.2) is 9.97 Å². The van der Waals surface area contributed by atoms with Crippen LogP contribution < -0.4 is 5.32 Å². The molecule has 3 rings (SSSR count). The van der Waals surface area contributed by atoms with E-state index in [1.54, 1.807) is 12.4 Å². The molecule has 2 aromatic rings. The third-order valence-electron chi connectivity index (χ3n) is 3.69. The molecule has 0 spiro atoms. The van der Waals surface area contributed by atoms with Crippen LogP contribution in [0.15, 0.2) is 42.7 Å². The summed E-state index contributed by atoms with van der Waals surface area (Å²) in [6.07, 6.45) is 7.10. The molecule has 1 aliphatic carbocycles. The number of aromatic nitrogens is 2. The molecule has 1 heterocycles. The first-order valence-electron chi connectivity index (χ1n) is 6.41. The molecule has 0 atom stereocenters. The standard InChI is InChI=1S/C15H17N3/c1-12-5-2-6-13(11-12)15(7-3-8-15)18-14-16-9-4-10-17-14/h2,4-6,9-11H,3,7-8H2,1H3,(H,16,17,18). The fraction of sp³-hybridized carbons (Fsp3) is 0.333. The lowest BCUT2D eigenvalue weighted by Crippen LogP contribution is -2.42. The Morgan fingerprint density at radius 2 is 1.89 bits per heavy atom. The van der Waals surface area contributed by atoms with Crippen LogP contribution in [0.1, 0.15) is 30.4 Å². The van der Waals surface area contributed by atoms with Crippen LogP contribution in [0.25, 0.3) is 0 Å². The summed E-state index contributed by atoms with van der Waals surface area (Å²) >= 11 is 0. The fourth-order valence-corrected chi connectivity index (χ4v) is 2.54. The van der Waals surface area contributed by atoms with E-state index < -0.39 is 0 Å². The Morgan fingerprint density at radius 3 is 2.50 bits per heavy atom. The zero-order valence-corrected chi connectivity index (χ0v) is 10.6. The lowest BCUT2D eigenvalue weighted by atomic mass is 9.71. The number of anilines is 1. The van der Waals surface area contributed by atoms with E-state index in [1.807, 2.05) is 6.07 Å². The lowest BCUT2D eigenvalue weighted by molar-refractivity contribution is 0.282. The van der Waals surface area contributed by atoms with Gasteiger partial charge in [0.2, 0.25) is 5.95 Å². The van der Waals surface area contributed by atoms with Crippen LogP contribution in [-0.2, 0) is 5.54 Å². The highest BCUT2D eigenvalue weighted by atomic mass is 15.1. The molecule has 0 amide bonds. The topological polar surface area (TPSA) is 37.8 Å². The Labute approximate surface area is 107 Å². The summed E-state index contributed by atoms with van der Waals surface area (Å²) < 4.78 is 0. The summed E-state index contributed by atoms with van der Waals surface area (Å²) in [6.45, 7) is 2.13. The molecule has 0 bridgehead atoms. The molecule has 1 fully saturated rings. The number of nitrogens with zero attached hydrogens (tertiary/aromatic N) is 2. The molecule has 3 heteroatoms. The molecule has 1 N–H and O–H groups in total. The Balaban J connectivity index is 1.91. The fourth-order valence-electron chi connectivity index (χ4n) is 2.54. The van der Waals surface area contributed by atoms with Gasteiger partial charge in [-0.3, -0.25) is 0 Å². The van der Waals surface area contributed by atoms with Crippen LogP contribution in [0.2, 0.25) is 0 Å². The van der Waals surface area contributed by atoms with Crippen molar-refractivity contribution < 1.29 is 0 Å². The number of hydrogen-bond acceptors (Lipinski definition) is 3. The van der Waals surface area contributed by atoms with E-state index >= 15 is 0 Å². The molecule has 1 aromatic carbocycles. The van der Waals surface area contributed by atoms with Crippen molar-refractivity contribution in [3.8, 4) is 0 Å². The van der Waals surface area contributed by atoms with E-state index in [2.05, 4.69) is 46.5 Å². The third kappa shape index (κ3) is 1.96. The molecule has 92 valence electrons. The molecule has 0 unspecified atom stereocenters. The van der Waals surface area contributed by atoms with Crippen molar-refractivity contribution in [2.45, 2.75) is 31.7 Å². The smallest absolute Gasteiger partial charge is 0.223 e. The van der Waals surface area contributed by atoms with Gasteiger partial charge in [0, 0.05) is 12.4 Å². The van der Waals surface area contributed by atoms with Gasteiger partial charge in [-0.05, 0) is 37.8 Å². The van der Waals surface area contributed by atoms with Crippen molar-refractivity contribution in [2.75, 3.05) is 5.32 Å². The average Bonchev–Trinajstić information content (AvgIpc) is 2.35. The first kappa shape index (κ1) is 11.2. The van der Waals surface area contributed by atoms with Crippen LogP contribution in [0.3, 0.4) is 0 Å². The van der Waals surface area contributed by atoms with Gasteiger partial charge in [-0.1, -0.05) is 29.8 Å². The Bertz CT molecular complexity index is 532. The van der Waals surface area contributed by atoms with Crippen LogP contribution in [0.5, 0.6) is 0 Å². The number of hydrogen-bond donors (Lipinski definition) is 1. The maximum absolute atomic E-state index is 4.27. The third-order valence-corrected chi connectivity index (χ3v) is 3.69. The zero-order valence-electron chi connectivity index (χ0n) is 10.6. The highest BCUT2D eigenvalue weighted by molar-refractivity contribution is 5.40. The minimum absolute atomic E-state index is 0.0351. The highest BCUT2D eigenvalue weighted by Crippen LogP contribution is 2.43. The van der Waals surface area contributed by atoms with Gasteiger partial charge in [-0.15, -0.1) is 0 Å². The predicted octanol–water partition coefficient (Wildman–Crippen LogP) is 3.28. The molecule has 3 nitrogen and oxygen atoms in total. The van der Waals surface area contributed by atoms with E-state index in [1.165, 1.54) is 17.5 Å². The van der Waals surface area contributed by atoms with Crippen LogP contribution in [0, 0.1) is 6.92 Å². The highest BCUT2D eigenvalue weighted by Gasteiger charge is 2.39. The molecule has 18 heavy (non-hydrogen) atoms. The number of aryl methyl sites for hydroxylation is 1. The lowest BCUT2D eigenvalue weighted by Gasteiger charge is -2.43. The Morgan fingerprint density at radius 1 is 1.11 bits per heavy atom. The monoisotopic (exact) mass is 239 g/mol. The van der Waals surface area contributed by atoms with Crippen molar-refractivity contribution in [1.82, 2.24) is 9.97 Å². The molecule has 1 aliphatic rings. The SMILES string of the molecule is Cc1cccc(C2(Nc3ncccn3)CCC2)c1. The summed E-state index contributed by atoms with van der Waals surface area (Å²) in [6, 6.07) is 10.6. The maximum atomic E-state index is 4.27. The van der Waals surface area contributed by atoms with Crippen LogP contribution in [-0.4, -0.2) is 9.97 Å². The number of rotatable bonds is 3. The molecule has 0 saturated heterocycles. The average molecular weight is 239 g/mol. The maximum Gasteiger partial charge on any atom is 0.223 e. The molecule has 0 aliphatic heterocycles. The summed E-state index contributed by atoms with van der Waals surface area (Å²) in [5, 5.41) is 3.51. The summed E-state index contributed by atoms with van der Waals surface area (Å²) in [5.41, 5.74) is 2.68. The van der Waals surface area contributed by atoms with Gasteiger partial charge in [-0.2, -0.15) is 0 Å².